The van der Waals surface area contributed by atoms with Crippen molar-refractivity contribution < 1.29 is 14.4 Å². The lowest BCUT2D eigenvalue weighted by molar-refractivity contribution is -0.144. The van der Waals surface area contributed by atoms with E-state index in [9.17, 15) is 4.79 Å². The summed E-state index contributed by atoms with van der Waals surface area (Å²) in [6.07, 6.45) is 5.29. The minimum atomic E-state index is -0.413. The number of nitrogens with two attached hydrogens (primary N) is 2. The molecule has 0 amide bonds. The van der Waals surface area contributed by atoms with Gasteiger partial charge in [-0.2, -0.15) is 5.90 Å². The van der Waals surface area contributed by atoms with E-state index in [0.717, 1.165) is 32.4 Å². The van der Waals surface area contributed by atoms with E-state index in [1.54, 1.807) is 0 Å². The van der Waals surface area contributed by atoms with Gasteiger partial charge in [0.15, 0.2) is 0 Å². The van der Waals surface area contributed by atoms with Crippen molar-refractivity contribution in [1.82, 2.24) is 5.32 Å². The smallest absolute Gasteiger partial charge is 0.324 e. The van der Waals surface area contributed by atoms with Gasteiger partial charge in [0.05, 0.1) is 0 Å². The molecular formula is C11H23N3O3. The summed E-state index contributed by atoms with van der Waals surface area (Å²) in [6, 6.07) is -0.00908. The monoisotopic (exact) mass is 245 g/mol. The van der Waals surface area contributed by atoms with Crippen LogP contribution in [0.1, 0.15) is 38.5 Å². The highest BCUT2D eigenvalue weighted by molar-refractivity contribution is 5.68. The van der Waals surface area contributed by atoms with Crippen molar-refractivity contribution in [2.75, 3.05) is 13.2 Å². The predicted molar refractivity (Wildman–Crippen MR) is 63.7 cm³/mol. The lowest BCUT2D eigenvalue weighted by Crippen LogP contribution is -2.37. The fraction of sp³-hybridized carbons (Fsp3) is 0.909. The summed E-state index contributed by atoms with van der Waals surface area (Å²) in [4.78, 5) is 14.9. The number of nitrogens with one attached hydrogen (secondary N) is 1. The second kappa shape index (κ2) is 8.41. The van der Waals surface area contributed by atoms with Crippen LogP contribution in [0.2, 0.25) is 0 Å². The molecule has 1 aliphatic rings. The highest BCUT2D eigenvalue weighted by Crippen LogP contribution is 2.10. The van der Waals surface area contributed by atoms with Crippen LogP contribution in [0.25, 0.3) is 0 Å². The molecule has 1 aliphatic heterocycles. The highest BCUT2D eigenvalue weighted by atomic mass is 16.7. The van der Waals surface area contributed by atoms with Crippen LogP contribution < -0.4 is 16.9 Å². The van der Waals surface area contributed by atoms with Crippen molar-refractivity contribution in [2.45, 2.75) is 50.8 Å². The summed E-state index contributed by atoms with van der Waals surface area (Å²) in [5.41, 5.74) is 5.86. The molecular weight excluding hydrogens is 222 g/mol. The fourth-order valence-electron chi connectivity index (χ4n) is 1.84. The molecule has 6 heteroatoms. The zero-order valence-corrected chi connectivity index (χ0v) is 10.2. The second-order valence-corrected chi connectivity index (χ2v) is 4.39. The van der Waals surface area contributed by atoms with Gasteiger partial charge < -0.3 is 15.3 Å². The van der Waals surface area contributed by atoms with Crippen LogP contribution in [0.5, 0.6) is 0 Å². The van der Waals surface area contributed by atoms with E-state index in [1.165, 1.54) is 6.42 Å². The molecule has 0 spiro atoms. The van der Waals surface area contributed by atoms with Crippen molar-refractivity contribution in [3.8, 4) is 0 Å². The molecule has 5 N–H and O–H groups in total. The Labute approximate surface area is 102 Å². The number of carbonyl (C=O) groups excluding carboxylic acids is 1. The number of hydrogen-bond donors (Lipinski definition) is 3. The molecule has 0 bridgehead atoms. The average Bonchev–Trinajstić information content (AvgIpc) is 2.37. The molecule has 1 rings (SSSR count). The van der Waals surface area contributed by atoms with Crippen LogP contribution in [0.4, 0.5) is 0 Å². The summed E-state index contributed by atoms with van der Waals surface area (Å²) in [7, 11) is 0. The van der Waals surface area contributed by atoms with Gasteiger partial charge in [-0.05, 0) is 38.6 Å². The number of hydrogen-bond acceptors (Lipinski definition) is 6. The van der Waals surface area contributed by atoms with E-state index in [1.807, 2.05) is 0 Å². The lowest BCUT2D eigenvalue weighted by Gasteiger charge is -2.24. The van der Waals surface area contributed by atoms with Gasteiger partial charge in [-0.25, -0.2) is 0 Å². The molecule has 0 saturated carbocycles. The highest BCUT2D eigenvalue weighted by Gasteiger charge is 2.13. The van der Waals surface area contributed by atoms with Gasteiger partial charge >= 0.3 is 5.97 Å². The van der Waals surface area contributed by atoms with E-state index in [-0.39, 0.29) is 18.7 Å². The van der Waals surface area contributed by atoms with Crippen LogP contribution in [0.15, 0.2) is 0 Å². The van der Waals surface area contributed by atoms with Gasteiger partial charge in [0.1, 0.15) is 6.23 Å². The summed E-state index contributed by atoms with van der Waals surface area (Å²) < 4.78 is 5.53. The molecule has 0 aromatic carbocycles. The Morgan fingerprint density at radius 3 is 2.94 bits per heavy atom. The first-order chi connectivity index (χ1) is 8.22. The zero-order valence-electron chi connectivity index (χ0n) is 10.2. The summed E-state index contributed by atoms with van der Waals surface area (Å²) in [6.45, 7) is 1.65. The third-order valence-corrected chi connectivity index (χ3v) is 2.92. The Morgan fingerprint density at radius 1 is 1.47 bits per heavy atom. The van der Waals surface area contributed by atoms with Crippen LogP contribution in [-0.2, 0) is 14.4 Å². The van der Waals surface area contributed by atoms with Crippen molar-refractivity contribution in [3.05, 3.63) is 0 Å². The van der Waals surface area contributed by atoms with Crippen LogP contribution in [0.3, 0.4) is 0 Å². The van der Waals surface area contributed by atoms with Crippen molar-refractivity contribution >= 4 is 5.97 Å². The molecule has 0 aromatic rings. The second-order valence-electron chi connectivity index (χ2n) is 4.39. The summed E-state index contributed by atoms with van der Waals surface area (Å²) in [5.74, 6) is 4.32. The maximum Gasteiger partial charge on any atom is 0.324 e. The Balaban J connectivity index is 1.99. The maximum atomic E-state index is 10.8. The van der Waals surface area contributed by atoms with Crippen molar-refractivity contribution in [1.29, 1.82) is 0 Å². The third-order valence-electron chi connectivity index (χ3n) is 2.92. The van der Waals surface area contributed by atoms with Gasteiger partial charge in [-0.3, -0.25) is 10.1 Å². The first kappa shape index (κ1) is 14.4. The van der Waals surface area contributed by atoms with Crippen LogP contribution >= 0.6 is 0 Å². The molecule has 6 nitrogen and oxygen atoms in total. The SMILES string of the molecule is NOC(=O)CCC(N)CCNC1CCCCO1. The van der Waals surface area contributed by atoms with Crippen LogP contribution in [-0.4, -0.2) is 31.4 Å². The normalized spacial score (nSPS) is 22.1. The van der Waals surface area contributed by atoms with Crippen molar-refractivity contribution in [2.24, 2.45) is 11.6 Å². The molecule has 1 saturated heterocycles. The largest absolute Gasteiger partial charge is 0.373 e. The van der Waals surface area contributed by atoms with E-state index >= 15 is 0 Å². The summed E-state index contributed by atoms with van der Waals surface area (Å²) >= 11 is 0. The minimum absolute atomic E-state index is 0.00908. The number of carbonyl (C=O) groups is 1. The van der Waals surface area contributed by atoms with E-state index in [4.69, 9.17) is 16.4 Å². The Hall–Kier alpha value is -0.690. The van der Waals surface area contributed by atoms with E-state index < -0.39 is 5.97 Å². The van der Waals surface area contributed by atoms with Gasteiger partial charge in [0, 0.05) is 19.1 Å². The molecule has 0 aromatic heterocycles. The van der Waals surface area contributed by atoms with Gasteiger partial charge in [0.25, 0.3) is 0 Å². The Morgan fingerprint density at radius 2 is 2.29 bits per heavy atom. The van der Waals surface area contributed by atoms with Gasteiger partial charge in [0.2, 0.25) is 0 Å². The maximum absolute atomic E-state index is 10.8. The van der Waals surface area contributed by atoms with Gasteiger partial charge in [-0.1, -0.05) is 0 Å². The molecule has 1 heterocycles. The number of rotatable bonds is 7. The molecule has 2 atom stereocenters. The standard InChI is InChI=1S/C11H23N3O3/c12-9(4-5-11(15)17-13)6-7-14-10-3-1-2-8-16-10/h9-10,14H,1-8,12-13H2. The quantitative estimate of drug-likeness (QED) is 0.547. The molecule has 0 radical (unpaired) electrons. The predicted octanol–water partition coefficient (Wildman–Crippen LogP) is 0.0171. The molecule has 2 unspecified atom stereocenters. The molecule has 1 fully saturated rings. The molecule has 0 aliphatic carbocycles. The Bertz CT molecular complexity index is 220. The topological polar surface area (TPSA) is 99.6 Å². The van der Waals surface area contributed by atoms with Crippen LogP contribution in [0, 0.1) is 0 Å². The number of ether oxygens (including phenoxy) is 1. The minimum Gasteiger partial charge on any atom is -0.373 e. The Kier molecular flexibility index (Phi) is 7.11. The fourth-order valence-corrected chi connectivity index (χ4v) is 1.84. The average molecular weight is 245 g/mol. The third kappa shape index (κ3) is 6.58. The zero-order chi connectivity index (χ0) is 12.5. The first-order valence-electron chi connectivity index (χ1n) is 6.22. The lowest BCUT2D eigenvalue weighted by atomic mass is 10.1. The van der Waals surface area contributed by atoms with E-state index in [0.29, 0.717) is 6.42 Å². The molecule has 100 valence electrons. The van der Waals surface area contributed by atoms with E-state index in [2.05, 4.69) is 10.2 Å². The molecule has 17 heavy (non-hydrogen) atoms. The first-order valence-corrected chi connectivity index (χ1v) is 6.22. The van der Waals surface area contributed by atoms with Crippen molar-refractivity contribution in [3.63, 3.8) is 0 Å². The van der Waals surface area contributed by atoms with Gasteiger partial charge in [-0.15, -0.1) is 0 Å². The summed E-state index contributed by atoms with van der Waals surface area (Å²) in [5, 5.41) is 3.31.